The third kappa shape index (κ3) is 9.06. The predicted octanol–water partition coefficient (Wildman–Crippen LogP) is 5.35. The van der Waals surface area contributed by atoms with Crippen LogP contribution in [-0.2, 0) is 16.2 Å². The van der Waals surface area contributed by atoms with Crippen molar-refractivity contribution in [3.05, 3.63) is 71.3 Å². The van der Waals surface area contributed by atoms with Gasteiger partial charge >= 0.3 is 0 Å². The lowest BCUT2D eigenvalue weighted by Crippen LogP contribution is -2.53. The van der Waals surface area contributed by atoms with Crippen LogP contribution in [-0.4, -0.2) is 46.3 Å². The van der Waals surface area contributed by atoms with Crippen LogP contribution in [0.2, 0.25) is 0 Å². The van der Waals surface area contributed by atoms with Crippen molar-refractivity contribution < 1.29 is 18.1 Å². The molecule has 37 heavy (non-hydrogen) atoms. The molecule has 0 spiro atoms. The largest absolute Gasteiger partial charge is 0.598 e. The number of carbonyl (C=O) groups is 1. The first-order valence-electron chi connectivity index (χ1n) is 13.1. The molecule has 3 rings (SSSR count). The van der Waals surface area contributed by atoms with Gasteiger partial charge in [0.2, 0.25) is 5.91 Å². The highest BCUT2D eigenvalue weighted by Gasteiger charge is 2.33. The van der Waals surface area contributed by atoms with Gasteiger partial charge < -0.3 is 14.8 Å². The van der Waals surface area contributed by atoms with Crippen molar-refractivity contribution in [2.24, 2.45) is 11.3 Å². The van der Waals surface area contributed by atoms with Crippen molar-refractivity contribution in [3.63, 3.8) is 0 Å². The Bertz CT molecular complexity index is 977. The Labute approximate surface area is 223 Å². The minimum absolute atomic E-state index is 0.0376. The smallest absolute Gasteiger partial charge is 0.221 e. The summed E-state index contributed by atoms with van der Waals surface area (Å²) in [5.74, 6) is -0.692. The van der Waals surface area contributed by atoms with E-state index in [0.717, 1.165) is 32.5 Å². The van der Waals surface area contributed by atoms with Crippen molar-refractivity contribution in [2.45, 2.75) is 71.2 Å². The summed E-state index contributed by atoms with van der Waals surface area (Å²) in [6.45, 7) is 12.9. The number of nitrogens with one attached hydrogen (secondary N) is 2. The average molecular weight is 534 g/mol. The number of amides is 1. The number of nitrogens with zero attached hydrogens (tertiary/aromatic N) is 1. The van der Waals surface area contributed by atoms with Gasteiger partial charge in [-0.25, -0.2) is 8.78 Å². The molecule has 2 aromatic carbocycles. The van der Waals surface area contributed by atoms with Gasteiger partial charge in [0.15, 0.2) is 0 Å². The molecule has 2 N–H and O–H groups in total. The number of rotatable bonds is 10. The molecule has 8 heteroatoms. The molecule has 204 valence electrons. The highest BCUT2D eigenvalue weighted by molar-refractivity contribution is 7.90. The van der Waals surface area contributed by atoms with Gasteiger partial charge in [-0.3, -0.25) is 4.79 Å². The summed E-state index contributed by atoms with van der Waals surface area (Å²) in [5.41, 5.74) is 1.12. The third-order valence-corrected chi connectivity index (χ3v) is 8.40. The molecule has 0 aromatic heterocycles. The Morgan fingerprint density at radius 3 is 2.05 bits per heavy atom. The van der Waals surface area contributed by atoms with Gasteiger partial charge in [-0.05, 0) is 86.5 Å². The zero-order chi connectivity index (χ0) is 27.2. The maximum atomic E-state index is 13.9. The first-order chi connectivity index (χ1) is 17.4. The quantitative estimate of drug-likeness (QED) is 0.404. The van der Waals surface area contributed by atoms with Crippen LogP contribution in [0.3, 0.4) is 0 Å². The lowest BCUT2D eigenvalue weighted by molar-refractivity contribution is -0.122. The fourth-order valence-electron chi connectivity index (χ4n) is 4.61. The van der Waals surface area contributed by atoms with Crippen molar-refractivity contribution in [1.82, 2.24) is 14.9 Å². The van der Waals surface area contributed by atoms with E-state index in [2.05, 4.69) is 35.7 Å². The molecule has 2 unspecified atom stereocenters. The highest BCUT2D eigenvalue weighted by Crippen LogP contribution is 2.27. The normalized spacial score (nSPS) is 17.2. The van der Waals surface area contributed by atoms with Gasteiger partial charge in [-0.2, -0.15) is 0 Å². The van der Waals surface area contributed by atoms with Gasteiger partial charge in [-0.1, -0.05) is 45.0 Å². The maximum Gasteiger partial charge on any atom is 0.221 e. The Morgan fingerprint density at radius 2 is 1.59 bits per heavy atom. The molecule has 1 heterocycles. The van der Waals surface area contributed by atoms with E-state index in [1.54, 1.807) is 24.3 Å². The van der Waals surface area contributed by atoms with Crippen LogP contribution in [0.15, 0.2) is 48.5 Å². The van der Waals surface area contributed by atoms with Crippen LogP contribution in [0.4, 0.5) is 8.78 Å². The predicted molar refractivity (Wildman–Crippen MR) is 146 cm³/mol. The minimum atomic E-state index is -1.08. The Hall–Kier alpha value is -2.00. The molecule has 0 bridgehead atoms. The molecule has 1 aliphatic rings. The number of hydrogen-bond acceptors (Lipinski definition) is 4. The summed E-state index contributed by atoms with van der Waals surface area (Å²) in [4.78, 5) is 15.4. The second kappa shape index (κ2) is 13.2. The third-order valence-electron chi connectivity index (χ3n) is 7.02. The van der Waals surface area contributed by atoms with E-state index in [1.165, 1.54) is 24.3 Å². The number of carbonyl (C=O) groups excluding carboxylic acids is 1. The number of likely N-dealkylation sites (tertiary alicyclic amines) is 1. The van der Waals surface area contributed by atoms with Gasteiger partial charge in [0.25, 0.3) is 0 Å². The number of halogens is 2. The highest BCUT2D eigenvalue weighted by atomic mass is 32.2. The second-order valence-electron chi connectivity index (χ2n) is 11.4. The SMILES string of the molecule is CC(C)[S+]([O-])NC(CN1CCC(CC(=O)NC(c2cccc(F)c2)c2cccc(F)c2)CC1)C(C)(C)C. The molecular formula is C29H41F2N3O2S. The molecular weight excluding hydrogens is 492 g/mol. The monoisotopic (exact) mass is 533 g/mol. The molecule has 0 radical (unpaired) electrons. The topological polar surface area (TPSA) is 67.4 Å². The average Bonchev–Trinajstić information content (AvgIpc) is 2.82. The Morgan fingerprint density at radius 1 is 1.05 bits per heavy atom. The van der Waals surface area contributed by atoms with E-state index in [-0.39, 0.29) is 28.5 Å². The summed E-state index contributed by atoms with van der Waals surface area (Å²) >= 11 is -1.08. The Kier molecular flexibility index (Phi) is 10.5. The van der Waals surface area contributed by atoms with Crippen LogP contribution in [0.25, 0.3) is 0 Å². The van der Waals surface area contributed by atoms with E-state index in [1.807, 2.05) is 13.8 Å². The summed E-state index contributed by atoms with van der Waals surface area (Å²) in [6.07, 6.45) is 2.15. The molecule has 2 aromatic rings. The molecule has 5 nitrogen and oxygen atoms in total. The van der Waals surface area contributed by atoms with Crippen molar-refractivity contribution in [2.75, 3.05) is 19.6 Å². The zero-order valence-corrected chi connectivity index (χ0v) is 23.4. The fourth-order valence-corrected chi connectivity index (χ4v) is 5.59. The van der Waals surface area contributed by atoms with Crippen LogP contribution < -0.4 is 10.0 Å². The summed E-state index contributed by atoms with van der Waals surface area (Å²) in [6, 6.07) is 11.6. The van der Waals surface area contributed by atoms with E-state index < -0.39 is 29.0 Å². The van der Waals surface area contributed by atoms with Gasteiger partial charge in [0.05, 0.1) is 12.1 Å². The molecule has 0 saturated carbocycles. The summed E-state index contributed by atoms with van der Waals surface area (Å²) < 4.78 is 43.6. The minimum Gasteiger partial charge on any atom is -0.598 e. The maximum absolute atomic E-state index is 13.9. The summed E-state index contributed by atoms with van der Waals surface area (Å²) in [5, 5.41) is 3.07. The van der Waals surface area contributed by atoms with E-state index in [9.17, 15) is 18.1 Å². The van der Waals surface area contributed by atoms with Crippen molar-refractivity contribution in [3.8, 4) is 0 Å². The lowest BCUT2D eigenvalue weighted by Gasteiger charge is -2.39. The van der Waals surface area contributed by atoms with Gasteiger partial charge in [-0.15, -0.1) is 4.72 Å². The van der Waals surface area contributed by atoms with E-state index in [4.69, 9.17) is 0 Å². The van der Waals surface area contributed by atoms with Crippen LogP contribution >= 0.6 is 0 Å². The van der Waals surface area contributed by atoms with E-state index in [0.29, 0.717) is 17.5 Å². The first-order valence-corrected chi connectivity index (χ1v) is 14.3. The number of benzene rings is 2. The summed E-state index contributed by atoms with van der Waals surface area (Å²) in [7, 11) is 0. The number of piperidine rings is 1. The lowest BCUT2D eigenvalue weighted by atomic mass is 9.86. The van der Waals surface area contributed by atoms with Crippen molar-refractivity contribution in [1.29, 1.82) is 0 Å². The first kappa shape index (κ1) is 29.6. The van der Waals surface area contributed by atoms with Crippen LogP contribution in [0.1, 0.15) is 71.0 Å². The van der Waals surface area contributed by atoms with Gasteiger partial charge in [0, 0.05) is 24.3 Å². The molecule has 1 amide bonds. The van der Waals surface area contributed by atoms with Crippen LogP contribution in [0, 0.1) is 23.0 Å². The Balaban J connectivity index is 1.58. The zero-order valence-electron chi connectivity index (χ0n) is 22.6. The fraction of sp³-hybridized carbons (Fsp3) is 0.552. The molecule has 0 aliphatic carbocycles. The second-order valence-corrected chi connectivity index (χ2v) is 13.2. The standard InChI is InChI=1S/C29H41F2N3O2S/c1-20(2)37(36)33-26(29(3,4)5)19-34-14-12-21(13-15-34)16-27(35)32-28(22-8-6-10-24(30)17-22)23-9-7-11-25(31)18-23/h6-11,17-18,20-21,26,28,33H,12-16,19H2,1-5H3,(H,32,35). The van der Waals surface area contributed by atoms with Gasteiger partial charge in [0.1, 0.15) is 16.9 Å². The van der Waals surface area contributed by atoms with E-state index >= 15 is 0 Å². The van der Waals surface area contributed by atoms with Crippen molar-refractivity contribution >= 4 is 17.3 Å². The molecule has 1 saturated heterocycles. The van der Waals surface area contributed by atoms with Crippen LogP contribution in [0.5, 0.6) is 0 Å². The molecule has 1 aliphatic heterocycles. The molecule has 1 fully saturated rings. The molecule has 2 atom stereocenters. The number of hydrogen-bond donors (Lipinski definition) is 2.